The van der Waals surface area contributed by atoms with E-state index in [9.17, 15) is 0 Å². The van der Waals surface area contributed by atoms with Crippen molar-refractivity contribution in [3.8, 4) is 0 Å². The number of ether oxygens (including phenoxy) is 1. The molecule has 0 spiro atoms. The van der Waals surface area contributed by atoms with Gasteiger partial charge in [-0.15, -0.1) is 0 Å². The van der Waals surface area contributed by atoms with E-state index in [0.717, 1.165) is 25.3 Å². The molecule has 88 valence electrons. The highest BCUT2D eigenvalue weighted by Crippen LogP contribution is 2.23. The first kappa shape index (κ1) is 12.0. The molecule has 0 aliphatic carbocycles. The van der Waals surface area contributed by atoms with E-state index in [-0.39, 0.29) is 0 Å². The number of hydrogen-bond acceptors (Lipinski definition) is 2. The molecule has 1 aromatic rings. The summed E-state index contributed by atoms with van der Waals surface area (Å²) in [5.41, 5.74) is 0.951. The maximum Gasteiger partial charge on any atom is 0.0747 e. The Labute approximate surface area is 106 Å². The number of hydrogen-bond donors (Lipinski definition) is 1. The van der Waals surface area contributed by atoms with E-state index in [2.05, 4.69) is 5.32 Å². The summed E-state index contributed by atoms with van der Waals surface area (Å²) in [4.78, 5) is 0. The lowest BCUT2D eigenvalue weighted by Crippen LogP contribution is -2.26. The highest BCUT2D eigenvalue weighted by molar-refractivity contribution is 6.35. The molecule has 1 saturated heterocycles. The van der Waals surface area contributed by atoms with Crippen molar-refractivity contribution in [1.82, 2.24) is 0 Å². The Morgan fingerprint density at radius 2 is 1.94 bits per heavy atom. The normalized spacial score (nSPS) is 20.8. The first-order valence-electron chi connectivity index (χ1n) is 5.55. The highest BCUT2D eigenvalue weighted by Gasteiger charge is 2.13. The van der Waals surface area contributed by atoms with Crippen LogP contribution in [0.15, 0.2) is 18.2 Å². The van der Waals surface area contributed by atoms with Gasteiger partial charge in [-0.25, -0.2) is 0 Å². The van der Waals surface area contributed by atoms with Crippen LogP contribution in [0.4, 0.5) is 5.69 Å². The third kappa shape index (κ3) is 3.55. The van der Waals surface area contributed by atoms with E-state index >= 15 is 0 Å². The molecule has 2 nitrogen and oxygen atoms in total. The predicted molar refractivity (Wildman–Crippen MR) is 68.5 cm³/mol. The van der Waals surface area contributed by atoms with Crippen LogP contribution in [0.5, 0.6) is 0 Å². The standard InChI is InChI=1S/C12H15Cl2NO/c13-9-5-10(14)7-11(6-9)15-8-12-3-1-2-4-16-12/h5-7,12,15H,1-4,8H2. The minimum atomic E-state index is 0.312. The van der Waals surface area contributed by atoms with Gasteiger partial charge < -0.3 is 10.1 Å². The fraction of sp³-hybridized carbons (Fsp3) is 0.500. The average Bonchev–Trinajstić information content (AvgIpc) is 2.27. The molecule has 1 unspecified atom stereocenters. The second-order valence-corrected chi connectivity index (χ2v) is 4.90. The van der Waals surface area contributed by atoms with Crippen LogP contribution in [-0.2, 0) is 4.74 Å². The van der Waals surface area contributed by atoms with Crippen molar-refractivity contribution in [2.45, 2.75) is 25.4 Å². The van der Waals surface area contributed by atoms with Crippen molar-refractivity contribution in [2.24, 2.45) is 0 Å². The smallest absolute Gasteiger partial charge is 0.0747 e. The van der Waals surface area contributed by atoms with Gasteiger partial charge in [0.15, 0.2) is 0 Å². The lowest BCUT2D eigenvalue weighted by atomic mass is 10.1. The SMILES string of the molecule is Clc1cc(Cl)cc(NCC2CCCCO2)c1. The van der Waals surface area contributed by atoms with Crippen molar-refractivity contribution in [2.75, 3.05) is 18.5 Å². The van der Waals surface area contributed by atoms with Crippen molar-refractivity contribution < 1.29 is 4.74 Å². The third-order valence-corrected chi connectivity index (χ3v) is 3.11. The van der Waals surface area contributed by atoms with Crippen molar-refractivity contribution >= 4 is 28.9 Å². The molecule has 1 aromatic carbocycles. The highest BCUT2D eigenvalue weighted by atomic mass is 35.5. The Bertz CT molecular complexity index is 331. The second kappa shape index (κ2) is 5.76. The van der Waals surface area contributed by atoms with Gasteiger partial charge in [0.25, 0.3) is 0 Å². The molecule has 1 N–H and O–H groups in total. The Hall–Kier alpha value is -0.440. The largest absolute Gasteiger partial charge is 0.382 e. The molecule has 0 amide bonds. The molecule has 1 aliphatic rings. The first-order valence-corrected chi connectivity index (χ1v) is 6.31. The predicted octanol–water partition coefficient (Wildman–Crippen LogP) is 3.97. The lowest BCUT2D eigenvalue weighted by molar-refractivity contribution is 0.0247. The van der Waals surface area contributed by atoms with Crippen LogP contribution in [0.25, 0.3) is 0 Å². The maximum absolute atomic E-state index is 5.92. The molecule has 1 aliphatic heterocycles. The summed E-state index contributed by atoms with van der Waals surface area (Å²) in [5, 5.41) is 4.61. The summed E-state index contributed by atoms with van der Waals surface area (Å²) in [6.45, 7) is 1.69. The third-order valence-electron chi connectivity index (χ3n) is 2.67. The van der Waals surface area contributed by atoms with Crippen LogP contribution < -0.4 is 5.32 Å². The van der Waals surface area contributed by atoms with Gasteiger partial charge in [0.05, 0.1) is 6.10 Å². The van der Waals surface area contributed by atoms with Crippen LogP contribution in [-0.4, -0.2) is 19.3 Å². The molecule has 2 rings (SSSR count). The number of benzene rings is 1. The topological polar surface area (TPSA) is 21.3 Å². The van der Waals surface area contributed by atoms with Crippen LogP contribution in [0.1, 0.15) is 19.3 Å². The van der Waals surface area contributed by atoms with E-state index in [1.54, 1.807) is 6.07 Å². The quantitative estimate of drug-likeness (QED) is 0.887. The zero-order chi connectivity index (χ0) is 11.4. The maximum atomic E-state index is 5.92. The molecular formula is C12H15Cl2NO. The van der Waals surface area contributed by atoms with E-state index in [1.165, 1.54) is 12.8 Å². The molecule has 1 fully saturated rings. The van der Waals surface area contributed by atoms with Gasteiger partial charge in [0.2, 0.25) is 0 Å². The van der Waals surface area contributed by atoms with Crippen molar-refractivity contribution in [3.05, 3.63) is 28.2 Å². The molecule has 0 aromatic heterocycles. The Balaban J connectivity index is 1.88. The Morgan fingerprint density at radius 3 is 2.56 bits per heavy atom. The number of rotatable bonds is 3. The van der Waals surface area contributed by atoms with Gasteiger partial charge in [-0.05, 0) is 37.5 Å². The van der Waals surface area contributed by atoms with E-state index in [4.69, 9.17) is 27.9 Å². The fourth-order valence-corrected chi connectivity index (χ4v) is 2.38. The summed E-state index contributed by atoms with van der Waals surface area (Å²) in [7, 11) is 0. The first-order chi connectivity index (χ1) is 7.74. The summed E-state index contributed by atoms with van der Waals surface area (Å²) in [5.74, 6) is 0. The number of anilines is 1. The molecule has 0 bridgehead atoms. The molecule has 0 saturated carbocycles. The molecule has 1 atom stereocenters. The number of nitrogens with one attached hydrogen (secondary N) is 1. The van der Waals surface area contributed by atoms with Gasteiger partial charge >= 0.3 is 0 Å². The summed E-state index contributed by atoms with van der Waals surface area (Å²) in [6.07, 6.45) is 3.87. The van der Waals surface area contributed by atoms with Gasteiger partial charge in [-0.2, -0.15) is 0 Å². The Kier molecular flexibility index (Phi) is 4.33. The minimum Gasteiger partial charge on any atom is -0.382 e. The van der Waals surface area contributed by atoms with E-state index < -0.39 is 0 Å². The van der Waals surface area contributed by atoms with Gasteiger partial charge in [0, 0.05) is 28.9 Å². The van der Waals surface area contributed by atoms with Crippen LogP contribution >= 0.6 is 23.2 Å². The van der Waals surface area contributed by atoms with Crippen LogP contribution in [0, 0.1) is 0 Å². The molecule has 1 heterocycles. The lowest BCUT2D eigenvalue weighted by Gasteiger charge is -2.23. The van der Waals surface area contributed by atoms with Gasteiger partial charge in [-0.3, -0.25) is 0 Å². The fourth-order valence-electron chi connectivity index (χ4n) is 1.86. The van der Waals surface area contributed by atoms with Gasteiger partial charge in [0.1, 0.15) is 0 Å². The molecule has 16 heavy (non-hydrogen) atoms. The minimum absolute atomic E-state index is 0.312. The summed E-state index contributed by atoms with van der Waals surface area (Å²) in [6, 6.07) is 5.47. The molecule has 0 radical (unpaired) electrons. The van der Waals surface area contributed by atoms with E-state index in [1.807, 2.05) is 12.1 Å². The average molecular weight is 260 g/mol. The molecule has 4 heteroatoms. The van der Waals surface area contributed by atoms with Crippen molar-refractivity contribution in [1.29, 1.82) is 0 Å². The number of halogens is 2. The second-order valence-electron chi connectivity index (χ2n) is 4.03. The zero-order valence-corrected chi connectivity index (χ0v) is 10.5. The zero-order valence-electron chi connectivity index (χ0n) is 9.01. The summed E-state index contributed by atoms with van der Waals surface area (Å²) >= 11 is 11.8. The van der Waals surface area contributed by atoms with Gasteiger partial charge in [-0.1, -0.05) is 23.2 Å². The monoisotopic (exact) mass is 259 g/mol. The summed E-state index contributed by atoms with van der Waals surface area (Å²) < 4.78 is 5.63. The van der Waals surface area contributed by atoms with Crippen LogP contribution in [0.2, 0.25) is 10.0 Å². The Morgan fingerprint density at radius 1 is 1.19 bits per heavy atom. The van der Waals surface area contributed by atoms with E-state index in [0.29, 0.717) is 16.1 Å². The molecular weight excluding hydrogens is 245 g/mol. The van der Waals surface area contributed by atoms with Crippen molar-refractivity contribution in [3.63, 3.8) is 0 Å². The van der Waals surface area contributed by atoms with Crippen LogP contribution in [0.3, 0.4) is 0 Å².